The summed E-state index contributed by atoms with van der Waals surface area (Å²) in [6, 6.07) is 10.3. The van der Waals surface area contributed by atoms with Gasteiger partial charge in [-0.2, -0.15) is 0 Å². The van der Waals surface area contributed by atoms with Crippen LogP contribution in [0.15, 0.2) is 40.9 Å². The van der Waals surface area contributed by atoms with Crippen LogP contribution in [0, 0.1) is 5.82 Å². The Morgan fingerprint density at radius 2 is 1.78 bits per heavy atom. The molecule has 0 aliphatic carbocycles. The molecule has 2 aromatic rings. The SMILES string of the molecule is Fc1cc(NCc2ccc(Cl)c(Br)c2)ccc1Cl. The third-order valence-corrected chi connectivity index (χ3v) is 3.92. The third kappa shape index (κ3) is 3.37. The highest BCUT2D eigenvalue weighted by Gasteiger charge is 2.02. The van der Waals surface area contributed by atoms with Gasteiger partial charge in [0.1, 0.15) is 5.82 Å². The van der Waals surface area contributed by atoms with Gasteiger partial charge in [-0.1, -0.05) is 29.3 Å². The second-order valence-electron chi connectivity index (χ2n) is 3.73. The van der Waals surface area contributed by atoms with Crippen molar-refractivity contribution >= 4 is 44.8 Å². The van der Waals surface area contributed by atoms with Gasteiger partial charge in [0, 0.05) is 16.7 Å². The molecular formula is C13H9BrCl2FN. The zero-order valence-electron chi connectivity index (χ0n) is 9.18. The van der Waals surface area contributed by atoms with Crippen molar-refractivity contribution < 1.29 is 4.39 Å². The molecule has 0 saturated carbocycles. The lowest BCUT2D eigenvalue weighted by Crippen LogP contribution is -1.99. The Labute approximate surface area is 123 Å². The summed E-state index contributed by atoms with van der Waals surface area (Å²) >= 11 is 14.9. The van der Waals surface area contributed by atoms with E-state index in [4.69, 9.17) is 23.2 Å². The van der Waals surface area contributed by atoms with Crippen LogP contribution in [0.2, 0.25) is 10.0 Å². The molecule has 1 N–H and O–H groups in total. The van der Waals surface area contributed by atoms with Crippen molar-refractivity contribution in [3.05, 3.63) is 62.3 Å². The van der Waals surface area contributed by atoms with E-state index in [1.54, 1.807) is 6.07 Å². The normalized spacial score (nSPS) is 10.4. The summed E-state index contributed by atoms with van der Waals surface area (Å²) in [4.78, 5) is 0. The molecule has 0 spiro atoms. The first-order valence-electron chi connectivity index (χ1n) is 5.19. The Morgan fingerprint density at radius 3 is 2.44 bits per heavy atom. The van der Waals surface area contributed by atoms with E-state index in [1.807, 2.05) is 18.2 Å². The lowest BCUT2D eigenvalue weighted by Gasteiger charge is -2.08. The first-order valence-corrected chi connectivity index (χ1v) is 6.74. The first-order chi connectivity index (χ1) is 8.56. The molecule has 0 radical (unpaired) electrons. The molecule has 0 aliphatic heterocycles. The summed E-state index contributed by atoms with van der Waals surface area (Å²) in [6.07, 6.45) is 0. The van der Waals surface area contributed by atoms with Gasteiger partial charge in [0.25, 0.3) is 0 Å². The molecule has 0 unspecified atom stereocenters. The number of hydrogen-bond donors (Lipinski definition) is 1. The van der Waals surface area contributed by atoms with Crippen LogP contribution in [0.4, 0.5) is 10.1 Å². The monoisotopic (exact) mass is 347 g/mol. The lowest BCUT2D eigenvalue weighted by molar-refractivity contribution is 0.628. The Balaban J connectivity index is 2.06. The Bertz CT molecular complexity index is 523. The fraction of sp³-hybridized carbons (Fsp3) is 0.0769. The van der Waals surface area contributed by atoms with Gasteiger partial charge >= 0.3 is 0 Å². The second kappa shape index (κ2) is 5.91. The summed E-state index contributed by atoms with van der Waals surface area (Å²) in [5, 5.41) is 3.90. The van der Waals surface area contributed by atoms with E-state index in [0.717, 1.165) is 10.0 Å². The Kier molecular flexibility index (Phi) is 4.49. The summed E-state index contributed by atoms with van der Waals surface area (Å²) in [5.41, 5.74) is 1.73. The fourth-order valence-corrected chi connectivity index (χ4v) is 2.12. The maximum Gasteiger partial charge on any atom is 0.143 e. The Morgan fingerprint density at radius 1 is 1.06 bits per heavy atom. The highest BCUT2D eigenvalue weighted by molar-refractivity contribution is 9.10. The maximum absolute atomic E-state index is 13.2. The van der Waals surface area contributed by atoms with Crippen LogP contribution in [0.25, 0.3) is 0 Å². The van der Waals surface area contributed by atoms with Crippen molar-refractivity contribution in [3.8, 4) is 0 Å². The topological polar surface area (TPSA) is 12.0 Å². The molecule has 2 rings (SSSR count). The van der Waals surface area contributed by atoms with Gasteiger partial charge in [-0.3, -0.25) is 0 Å². The van der Waals surface area contributed by atoms with Crippen molar-refractivity contribution in [2.24, 2.45) is 0 Å². The van der Waals surface area contributed by atoms with Crippen LogP contribution in [-0.2, 0) is 6.54 Å². The molecule has 0 aromatic heterocycles. The van der Waals surface area contributed by atoms with Crippen molar-refractivity contribution in [1.82, 2.24) is 0 Å². The molecule has 0 fully saturated rings. The largest absolute Gasteiger partial charge is 0.381 e. The molecule has 94 valence electrons. The summed E-state index contributed by atoms with van der Waals surface area (Å²) < 4.78 is 14.1. The van der Waals surface area contributed by atoms with Gasteiger partial charge in [-0.15, -0.1) is 0 Å². The number of halogens is 4. The van der Waals surface area contributed by atoms with Crippen molar-refractivity contribution in [2.75, 3.05) is 5.32 Å². The van der Waals surface area contributed by atoms with Gasteiger partial charge in [-0.05, 0) is 51.8 Å². The molecule has 0 amide bonds. The molecule has 0 atom stereocenters. The van der Waals surface area contributed by atoms with Gasteiger partial charge in [0.05, 0.1) is 10.0 Å². The highest BCUT2D eigenvalue weighted by Crippen LogP contribution is 2.24. The van der Waals surface area contributed by atoms with E-state index in [2.05, 4.69) is 21.2 Å². The standard InChI is InChI=1S/C13H9BrCl2FN/c14-10-5-8(1-3-11(10)15)7-18-9-2-4-12(16)13(17)6-9/h1-6,18H,7H2. The average molecular weight is 349 g/mol. The number of rotatable bonds is 3. The molecule has 2 aromatic carbocycles. The second-order valence-corrected chi connectivity index (χ2v) is 5.40. The quantitative estimate of drug-likeness (QED) is 0.771. The van der Waals surface area contributed by atoms with Crippen LogP contribution in [-0.4, -0.2) is 0 Å². The van der Waals surface area contributed by atoms with Gasteiger partial charge in [-0.25, -0.2) is 4.39 Å². The van der Waals surface area contributed by atoms with Crippen LogP contribution in [0.5, 0.6) is 0 Å². The number of nitrogens with one attached hydrogen (secondary N) is 1. The van der Waals surface area contributed by atoms with Crippen molar-refractivity contribution in [2.45, 2.75) is 6.54 Å². The Hall–Kier alpha value is -0.770. The molecule has 1 nitrogen and oxygen atoms in total. The minimum absolute atomic E-state index is 0.120. The summed E-state index contributed by atoms with van der Waals surface area (Å²) in [5.74, 6) is -0.432. The molecule has 18 heavy (non-hydrogen) atoms. The highest BCUT2D eigenvalue weighted by atomic mass is 79.9. The molecule has 0 saturated heterocycles. The maximum atomic E-state index is 13.2. The van der Waals surface area contributed by atoms with E-state index in [9.17, 15) is 4.39 Å². The number of anilines is 1. The number of benzene rings is 2. The fourth-order valence-electron chi connectivity index (χ4n) is 1.46. The number of hydrogen-bond acceptors (Lipinski definition) is 1. The first kappa shape index (κ1) is 13.7. The van der Waals surface area contributed by atoms with Gasteiger partial charge in [0.2, 0.25) is 0 Å². The van der Waals surface area contributed by atoms with E-state index in [-0.39, 0.29) is 5.02 Å². The molecule has 5 heteroatoms. The molecule has 0 heterocycles. The van der Waals surface area contributed by atoms with Crippen molar-refractivity contribution in [1.29, 1.82) is 0 Å². The average Bonchev–Trinajstić information content (AvgIpc) is 2.35. The van der Waals surface area contributed by atoms with Crippen LogP contribution in [0.1, 0.15) is 5.56 Å². The van der Waals surface area contributed by atoms with Gasteiger partial charge < -0.3 is 5.32 Å². The van der Waals surface area contributed by atoms with E-state index >= 15 is 0 Å². The predicted molar refractivity (Wildman–Crippen MR) is 77.9 cm³/mol. The predicted octanol–water partition coefficient (Wildman–Crippen LogP) is 5.51. The zero-order chi connectivity index (χ0) is 13.1. The molecule has 0 bridgehead atoms. The summed E-state index contributed by atoms with van der Waals surface area (Å²) in [6.45, 7) is 0.580. The third-order valence-electron chi connectivity index (χ3n) is 2.40. The summed E-state index contributed by atoms with van der Waals surface area (Å²) in [7, 11) is 0. The minimum atomic E-state index is -0.432. The smallest absolute Gasteiger partial charge is 0.143 e. The lowest BCUT2D eigenvalue weighted by atomic mass is 10.2. The van der Waals surface area contributed by atoms with E-state index in [0.29, 0.717) is 17.3 Å². The van der Waals surface area contributed by atoms with Crippen molar-refractivity contribution in [3.63, 3.8) is 0 Å². The molecular weight excluding hydrogens is 340 g/mol. The van der Waals surface area contributed by atoms with E-state index in [1.165, 1.54) is 12.1 Å². The zero-order valence-corrected chi connectivity index (χ0v) is 12.3. The van der Waals surface area contributed by atoms with Crippen LogP contribution in [0.3, 0.4) is 0 Å². The molecule has 0 aliphatic rings. The van der Waals surface area contributed by atoms with Crippen LogP contribution >= 0.6 is 39.1 Å². The van der Waals surface area contributed by atoms with E-state index < -0.39 is 5.82 Å². The van der Waals surface area contributed by atoms with Crippen LogP contribution < -0.4 is 5.32 Å². The minimum Gasteiger partial charge on any atom is -0.381 e. The van der Waals surface area contributed by atoms with Gasteiger partial charge in [0.15, 0.2) is 0 Å².